The largest absolute Gasteiger partial charge is 0.480 e. The Morgan fingerprint density at radius 3 is 2.43 bits per heavy atom. The maximum absolute atomic E-state index is 11.9. The van der Waals surface area contributed by atoms with Crippen molar-refractivity contribution in [3.8, 4) is 0 Å². The zero-order chi connectivity index (χ0) is 15.9. The van der Waals surface area contributed by atoms with Crippen LogP contribution in [0.1, 0.15) is 65.7 Å². The number of carboxylic acids is 1. The van der Waals surface area contributed by atoms with Crippen molar-refractivity contribution < 1.29 is 14.7 Å². The number of hydrogen-bond acceptors (Lipinski definition) is 2. The molecule has 2 amide bonds. The van der Waals surface area contributed by atoms with Gasteiger partial charge in [0, 0.05) is 6.54 Å². The molecule has 0 aliphatic heterocycles. The molecule has 5 heteroatoms. The summed E-state index contributed by atoms with van der Waals surface area (Å²) in [5, 5.41) is 14.7. The highest BCUT2D eigenvalue weighted by molar-refractivity contribution is 5.86. The van der Waals surface area contributed by atoms with Gasteiger partial charge in [-0.25, -0.2) is 9.59 Å². The van der Waals surface area contributed by atoms with E-state index < -0.39 is 11.5 Å². The molecule has 5 nitrogen and oxygen atoms in total. The molecule has 0 spiro atoms. The molecule has 0 heterocycles. The molecule has 0 radical (unpaired) electrons. The molecule has 0 bridgehead atoms. The summed E-state index contributed by atoms with van der Waals surface area (Å²) in [4.78, 5) is 23.2. The minimum absolute atomic E-state index is 0.370. The van der Waals surface area contributed by atoms with Crippen LogP contribution >= 0.6 is 0 Å². The Bertz CT molecular complexity index is 353. The highest BCUT2D eigenvalue weighted by Crippen LogP contribution is 2.30. The van der Waals surface area contributed by atoms with Crippen molar-refractivity contribution in [3.63, 3.8) is 0 Å². The van der Waals surface area contributed by atoms with Crippen molar-refractivity contribution in [2.24, 2.45) is 11.8 Å². The molecule has 122 valence electrons. The average Bonchev–Trinajstić information content (AvgIpc) is 2.44. The Kier molecular flexibility index (Phi) is 6.99. The van der Waals surface area contributed by atoms with Crippen molar-refractivity contribution >= 4 is 12.0 Å². The van der Waals surface area contributed by atoms with Gasteiger partial charge in [0.05, 0.1) is 0 Å². The predicted octanol–water partition coefficient (Wildman–Crippen LogP) is 3.15. The van der Waals surface area contributed by atoms with E-state index in [1.807, 2.05) is 0 Å². The number of hydrogen-bond donors (Lipinski definition) is 3. The van der Waals surface area contributed by atoms with Crippen LogP contribution in [0.25, 0.3) is 0 Å². The minimum atomic E-state index is -1.15. The number of aliphatic carboxylic acids is 1. The monoisotopic (exact) mass is 298 g/mol. The van der Waals surface area contributed by atoms with E-state index in [2.05, 4.69) is 17.6 Å². The second-order valence-electron chi connectivity index (χ2n) is 6.40. The summed E-state index contributed by atoms with van der Waals surface area (Å²) in [6.45, 7) is 6.46. The van der Waals surface area contributed by atoms with Crippen LogP contribution in [-0.4, -0.2) is 29.2 Å². The fourth-order valence-corrected chi connectivity index (χ4v) is 3.26. The lowest BCUT2D eigenvalue weighted by atomic mass is 9.81. The third kappa shape index (κ3) is 5.21. The van der Waals surface area contributed by atoms with E-state index >= 15 is 0 Å². The van der Waals surface area contributed by atoms with Gasteiger partial charge in [0.1, 0.15) is 5.54 Å². The lowest BCUT2D eigenvalue weighted by molar-refractivity contribution is -0.144. The summed E-state index contributed by atoms with van der Waals surface area (Å²) in [7, 11) is 0. The molecule has 0 saturated heterocycles. The van der Waals surface area contributed by atoms with E-state index in [1.54, 1.807) is 13.8 Å². The van der Waals surface area contributed by atoms with Gasteiger partial charge in [-0.3, -0.25) is 0 Å². The molecule has 2 atom stereocenters. The minimum Gasteiger partial charge on any atom is -0.480 e. The van der Waals surface area contributed by atoms with Crippen LogP contribution in [0.2, 0.25) is 0 Å². The van der Waals surface area contributed by atoms with Crippen molar-refractivity contribution in [1.82, 2.24) is 10.6 Å². The van der Waals surface area contributed by atoms with Gasteiger partial charge in [-0.15, -0.1) is 0 Å². The summed E-state index contributed by atoms with van der Waals surface area (Å²) in [5.41, 5.74) is -1.15. The van der Waals surface area contributed by atoms with E-state index in [9.17, 15) is 14.7 Å². The molecule has 1 rings (SSSR count). The Balaban J connectivity index is 2.34. The zero-order valence-corrected chi connectivity index (χ0v) is 13.6. The van der Waals surface area contributed by atoms with Gasteiger partial charge in [0.2, 0.25) is 0 Å². The third-order valence-corrected chi connectivity index (χ3v) is 4.85. The number of carbonyl (C=O) groups excluding carboxylic acids is 1. The second-order valence-corrected chi connectivity index (χ2v) is 6.40. The summed E-state index contributed by atoms with van der Waals surface area (Å²) < 4.78 is 0. The Morgan fingerprint density at radius 1 is 1.24 bits per heavy atom. The van der Waals surface area contributed by atoms with Crippen molar-refractivity contribution in [2.75, 3.05) is 6.54 Å². The lowest BCUT2D eigenvalue weighted by Crippen LogP contribution is -2.56. The maximum Gasteiger partial charge on any atom is 0.329 e. The molecule has 21 heavy (non-hydrogen) atoms. The first-order valence-electron chi connectivity index (χ1n) is 8.23. The number of amides is 2. The van der Waals surface area contributed by atoms with Gasteiger partial charge in [-0.05, 0) is 37.5 Å². The lowest BCUT2D eigenvalue weighted by Gasteiger charge is -2.29. The molecule has 1 aliphatic carbocycles. The van der Waals surface area contributed by atoms with Gasteiger partial charge in [-0.1, -0.05) is 40.0 Å². The number of rotatable bonds is 7. The molecule has 1 fully saturated rings. The van der Waals surface area contributed by atoms with Crippen LogP contribution in [0.4, 0.5) is 4.79 Å². The maximum atomic E-state index is 11.9. The Morgan fingerprint density at radius 2 is 1.90 bits per heavy atom. The standard InChI is InChI=1S/C16H30N2O3/c1-4-16(5-2,14(19)20)18-15(21)17-10-9-13-8-6-7-12(3)11-13/h12-13H,4-11H2,1-3H3,(H,19,20)(H2,17,18,21). The van der Waals surface area contributed by atoms with Crippen molar-refractivity contribution in [1.29, 1.82) is 0 Å². The highest BCUT2D eigenvalue weighted by Gasteiger charge is 2.36. The van der Waals surface area contributed by atoms with E-state index in [0.29, 0.717) is 25.3 Å². The fraction of sp³-hybridized carbons (Fsp3) is 0.875. The quantitative estimate of drug-likeness (QED) is 0.675. The van der Waals surface area contributed by atoms with E-state index in [1.165, 1.54) is 25.7 Å². The van der Waals surface area contributed by atoms with Crippen molar-refractivity contribution in [2.45, 2.75) is 71.3 Å². The Hall–Kier alpha value is -1.26. The van der Waals surface area contributed by atoms with Crippen LogP contribution in [0.5, 0.6) is 0 Å². The summed E-state index contributed by atoms with van der Waals surface area (Å²) in [6.07, 6.45) is 6.84. The van der Waals surface area contributed by atoms with Crippen LogP contribution in [0, 0.1) is 11.8 Å². The first-order valence-corrected chi connectivity index (χ1v) is 8.23. The molecule has 0 aromatic heterocycles. The van der Waals surface area contributed by atoms with Gasteiger partial charge in [-0.2, -0.15) is 0 Å². The summed E-state index contributed by atoms with van der Waals surface area (Å²) in [6, 6.07) is -0.370. The van der Waals surface area contributed by atoms with Crippen LogP contribution < -0.4 is 10.6 Å². The van der Waals surface area contributed by atoms with Gasteiger partial charge >= 0.3 is 12.0 Å². The molecule has 2 unspecified atom stereocenters. The third-order valence-electron chi connectivity index (χ3n) is 4.85. The van der Waals surface area contributed by atoms with Crippen molar-refractivity contribution in [3.05, 3.63) is 0 Å². The van der Waals surface area contributed by atoms with Crippen LogP contribution in [0.3, 0.4) is 0 Å². The number of carboxylic acid groups (broad SMARTS) is 1. The van der Waals surface area contributed by atoms with E-state index in [-0.39, 0.29) is 6.03 Å². The molecule has 0 aromatic rings. The van der Waals surface area contributed by atoms with E-state index in [0.717, 1.165) is 12.3 Å². The van der Waals surface area contributed by atoms with Gasteiger partial charge in [0.15, 0.2) is 0 Å². The van der Waals surface area contributed by atoms with Crippen LogP contribution in [0.15, 0.2) is 0 Å². The van der Waals surface area contributed by atoms with Gasteiger partial charge in [0.25, 0.3) is 0 Å². The number of carbonyl (C=O) groups is 2. The molecule has 0 aromatic carbocycles. The first-order chi connectivity index (χ1) is 9.93. The smallest absolute Gasteiger partial charge is 0.329 e. The topological polar surface area (TPSA) is 78.4 Å². The zero-order valence-electron chi connectivity index (χ0n) is 13.6. The SMILES string of the molecule is CCC(CC)(NC(=O)NCCC1CCCC(C)C1)C(=O)O. The second kappa shape index (κ2) is 8.25. The summed E-state index contributed by atoms with van der Waals surface area (Å²) in [5.74, 6) is 0.511. The fourth-order valence-electron chi connectivity index (χ4n) is 3.26. The number of nitrogens with one attached hydrogen (secondary N) is 2. The highest BCUT2D eigenvalue weighted by atomic mass is 16.4. The number of urea groups is 1. The van der Waals surface area contributed by atoms with E-state index in [4.69, 9.17) is 0 Å². The predicted molar refractivity (Wildman–Crippen MR) is 83.2 cm³/mol. The Labute approximate surface area is 127 Å². The molecule has 1 aliphatic rings. The first kappa shape index (κ1) is 17.8. The molecule has 3 N–H and O–H groups in total. The average molecular weight is 298 g/mol. The van der Waals surface area contributed by atoms with Crippen LogP contribution in [-0.2, 0) is 4.79 Å². The molecular weight excluding hydrogens is 268 g/mol. The normalized spacial score (nSPS) is 22.6. The molecule has 1 saturated carbocycles. The summed E-state index contributed by atoms with van der Waals surface area (Å²) >= 11 is 0. The molecular formula is C16H30N2O3. The van der Waals surface area contributed by atoms with Gasteiger partial charge < -0.3 is 15.7 Å².